The first-order chi connectivity index (χ1) is 9.47. The first kappa shape index (κ1) is 14.5. The Morgan fingerprint density at radius 1 is 1.20 bits per heavy atom. The maximum Gasteiger partial charge on any atom is 0.205 e. The number of hydrogen-bond donors (Lipinski definition) is 0. The molecule has 5 heteroatoms. The summed E-state index contributed by atoms with van der Waals surface area (Å²) in [6.45, 7) is 1.49. The molecule has 0 amide bonds. The Labute approximate surface area is 119 Å². The Kier molecular flexibility index (Phi) is 4.35. The molecule has 0 fully saturated rings. The molecule has 0 aliphatic rings. The second kappa shape index (κ2) is 6.01. The molecule has 0 aromatic heterocycles. The molecule has 0 spiro atoms. The van der Waals surface area contributed by atoms with Crippen LogP contribution in [0.3, 0.4) is 0 Å². The largest absolute Gasteiger partial charge is 0.483 e. The lowest BCUT2D eigenvalue weighted by Gasteiger charge is -2.14. The van der Waals surface area contributed by atoms with Crippen LogP contribution in [0.1, 0.15) is 17.3 Å². The summed E-state index contributed by atoms with van der Waals surface area (Å²) in [5, 5.41) is 0.468. The number of ketones is 1. The number of carbonyl (C=O) groups excluding carboxylic acids is 1. The van der Waals surface area contributed by atoms with E-state index >= 15 is 0 Å². The lowest BCUT2D eigenvalue weighted by Crippen LogP contribution is -2.24. The number of ether oxygens (including phenoxy) is 1. The summed E-state index contributed by atoms with van der Waals surface area (Å²) < 4.78 is 31.7. The summed E-state index contributed by atoms with van der Waals surface area (Å²) in [4.78, 5) is 12.0. The zero-order valence-corrected chi connectivity index (χ0v) is 11.3. The van der Waals surface area contributed by atoms with E-state index in [1.54, 1.807) is 24.3 Å². The number of carbonyl (C=O) groups is 1. The average molecular weight is 297 g/mol. The molecule has 0 bridgehead atoms. The van der Waals surface area contributed by atoms with Gasteiger partial charge in [-0.3, -0.25) is 4.79 Å². The standard InChI is InChI=1S/C15H11ClF2O2/c1-9(20-12-4-2-3-10(16)7-12)15(19)13-6-5-11(17)8-14(13)18/h2-9H,1H3. The predicted octanol–water partition coefficient (Wildman–Crippen LogP) is 4.27. The van der Waals surface area contributed by atoms with Crippen molar-refractivity contribution >= 4 is 17.4 Å². The van der Waals surface area contributed by atoms with Crippen molar-refractivity contribution in [1.82, 2.24) is 0 Å². The van der Waals surface area contributed by atoms with E-state index in [9.17, 15) is 13.6 Å². The van der Waals surface area contributed by atoms with E-state index in [0.717, 1.165) is 12.1 Å². The van der Waals surface area contributed by atoms with Gasteiger partial charge < -0.3 is 4.74 Å². The molecular weight excluding hydrogens is 286 g/mol. The van der Waals surface area contributed by atoms with Crippen molar-refractivity contribution in [2.75, 3.05) is 0 Å². The average Bonchev–Trinajstić information content (AvgIpc) is 2.38. The molecule has 2 nitrogen and oxygen atoms in total. The Morgan fingerprint density at radius 2 is 1.95 bits per heavy atom. The van der Waals surface area contributed by atoms with Gasteiger partial charge in [0, 0.05) is 11.1 Å². The fourth-order valence-corrected chi connectivity index (χ4v) is 1.89. The monoisotopic (exact) mass is 296 g/mol. The summed E-state index contributed by atoms with van der Waals surface area (Å²) >= 11 is 5.80. The van der Waals surface area contributed by atoms with Crippen LogP contribution in [-0.4, -0.2) is 11.9 Å². The molecule has 1 unspecified atom stereocenters. The number of Topliss-reactive ketones (excluding diaryl/α,β-unsaturated/α-hetero) is 1. The first-order valence-corrected chi connectivity index (χ1v) is 6.26. The van der Waals surface area contributed by atoms with Crippen molar-refractivity contribution in [2.24, 2.45) is 0 Å². The zero-order chi connectivity index (χ0) is 14.7. The van der Waals surface area contributed by atoms with Crippen LogP contribution in [0.25, 0.3) is 0 Å². The van der Waals surface area contributed by atoms with Crippen LogP contribution < -0.4 is 4.74 Å². The van der Waals surface area contributed by atoms with Crippen LogP contribution in [0, 0.1) is 11.6 Å². The van der Waals surface area contributed by atoms with E-state index in [0.29, 0.717) is 16.8 Å². The van der Waals surface area contributed by atoms with Crippen LogP contribution in [0.4, 0.5) is 8.78 Å². The van der Waals surface area contributed by atoms with Crippen molar-refractivity contribution in [3.05, 3.63) is 64.7 Å². The van der Waals surface area contributed by atoms with E-state index < -0.39 is 23.5 Å². The third-order valence-electron chi connectivity index (χ3n) is 2.67. The molecule has 0 N–H and O–H groups in total. The van der Waals surface area contributed by atoms with Gasteiger partial charge in [-0.15, -0.1) is 0 Å². The summed E-state index contributed by atoms with van der Waals surface area (Å²) in [6.07, 6.45) is -0.909. The van der Waals surface area contributed by atoms with Gasteiger partial charge in [0.05, 0.1) is 5.56 Å². The van der Waals surface area contributed by atoms with Gasteiger partial charge in [0.1, 0.15) is 17.4 Å². The quantitative estimate of drug-likeness (QED) is 0.788. The molecular formula is C15H11ClF2O2. The van der Waals surface area contributed by atoms with Crippen molar-refractivity contribution < 1.29 is 18.3 Å². The number of halogens is 3. The normalized spacial score (nSPS) is 12.0. The number of benzene rings is 2. The second-order valence-electron chi connectivity index (χ2n) is 4.21. The van der Waals surface area contributed by atoms with Gasteiger partial charge in [-0.2, -0.15) is 0 Å². The van der Waals surface area contributed by atoms with Crippen molar-refractivity contribution in [3.8, 4) is 5.75 Å². The van der Waals surface area contributed by atoms with Gasteiger partial charge in [-0.05, 0) is 37.3 Å². The molecule has 0 heterocycles. The topological polar surface area (TPSA) is 26.3 Å². The second-order valence-corrected chi connectivity index (χ2v) is 4.64. The van der Waals surface area contributed by atoms with Gasteiger partial charge in [0.25, 0.3) is 0 Å². The Hall–Kier alpha value is -1.94. The highest BCUT2D eigenvalue weighted by molar-refractivity contribution is 6.30. The third kappa shape index (κ3) is 3.33. The molecule has 20 heavy (non-hydrogen) atoms. The van der Waals surface area contributed by atoms with Crippen LogP contribution in [0.2, 0.25) is 5.02 Å². The molecule has 2 aromatic rings. The minimum absolute atomic E-state index is 0.207. The highest BCUT2D eigenvalue weighted by Crippen LogP contribution is 2.20. The molecule has 2 aromatic carbocycles. The minimum atomic E-state index is -0.909. The van der Waals surface area contributed by atoms with E-state index in [4.69, 9.17) is 16.3 Å². The van der Waals surface area contributed by atoms with Crippen LogP contribution in [0.15, 0.2) is 42.5 Å². The van der Waals surface area contributed by atoms with Crippen molar-refractivity contribution in [3.63, 3.8) is 0 Å². The summed E-state index contributed by atoms with van der Waals surface area (Å²) in [5.74, 6) is -1.80. The van der Waals surface area contributed by atoms with E-state index in [2.05, 4.69) is 0 Å². The zero-order valence-electron chi connectivity index (χ0n) is 10.6. The van der Waals surface area contributed by atoms with E-state index in [-0.39, 0.29) is 5.56 Å². The lowest BCUT2D eigenvalue weighted by atomic mass is 10.1. The SMILES string of the molecule is CC(Oc1cccc(Cl)c1)C(=O)c1ccc(F)cc1F. The summed E-state index contributed by atoms with van der Waals surface area (Å²) in [5.41, 5.74) is -0.207. The van der Waals surface area contributed by atoms with Gasteiger partial charge >= 0.3 is 0 Å². The van der Waals surface area contributed by atoms with Crippen LogP contribution in [-0.2, 0) is 0 Å². The molecule has 0 radical (unpaired) electrons. The fraction of sp³-hybridized carbons (Fsp3) is 0.133. The van der Waals surface area contributed by atoms with Gasteiger partial charge in [-0.25, -0.2) is 8.78 Å². The van der Waals surface area contributed by atoms with Crippen LogP contribution >= 0.6 is 11.6 Å². The minimum Gasteiger partial charge on any atom is -0.483 e. The first-order valence-electron chi connectivity index (χ1n) is 5.89. The van der Waals surface area contributed by atoms with Crippen LogP contribution in [0.5, 0.6) is 5.75 Å². The molecule has 104 valence electrons. The maximum absolute atomic E-state index is 13.5. The molecule has 0 aliphatic heterocycles. The number of hydrogen-bond acceptors (Lipinski definition) is 2. The summed E-state index contributed by atoms with van der Waals surface area (Å²) in [6, 6.07) is 9.32. The molecule has 1 atom stereocenters. The Bertz CT molecular complexity index is 644. The van der Waals surface area contributed by atoms with Gasteiger partial charge in [0.2, 0.25) is 5.78 Å². The molecule has 0 saturated carbocycles. The van der Waals surface area contributed by atoms with Gasteiger partial charge in [-0.1, -0.05) is 17.7 Å². The maximum atomic E-state index is 13.5. The number of rotatable bonds is 4. The molecule has 2 rings (SSSR count). The Balaban J connectivity index is 2.16. The predicted molar refractivity (Wildman–Crippen MR) is 72.2 cm³/mol. The van der Waals surface area contributed by atoms with Gasteiger partial charge in [0.15, 0.2) is 6.10 Å². The molecule has 0 saturated heterocycles. The lowest BCUT2D eigenvalue weighted by molar-refractivity contribution is 0.0813. The smallest absolute Gasteiger partial charge is 0.205 e. The summed E-state index contributed by atoms with van der Waals surface area (Å²) in [7, 11) is 0. The van der Waals surface area contributed by atoms with Crippen molar-refractivity contribution in [2.45, 2.75) is 13.0 Å². The third-order valence-corrected chi connectivity index (χ3v) is 2.91. The highest BCUT2D eigenvalue weighted by atomic mass is 35.5. The van der Waals surface area contributed by atoms with Crippen molar-refractivity contribution in [1.29, 1.82) is 0 Å². The fourth-order valence-electron chi connectivity index (χ4n) is 1.71. The van der Waals surface area contributed by atoms with E-state index in [1.165, 1.54) is 6.92 Å². The van der Waals surface area contributed by atoms with E-state index in [1.807, 2.05) is 0 Å². The molecule has 0 aliphatic carbocycles. The Morgan fingerprint density at radius 3 is 2.60 bits per heavy atom. The highest BCUT2D eigenvalue weighted by Gasteiger charge is 2.20.